The minimum atomic E-state index is -0.659. The smallest absolute Gasteiger partial charge is 0.340 e. The van der Waals surface area contributed by atoms with Gasteiger partial charge in [0.05, 0.1) is 12.5 Å². The van der Waals surface area contributed by atoms with Gasteiger partial charge in [-0.15, -0.1) is 0 Å². The molecule has 1 aliphatic heterocycles. The summed E-state index contributed by atoms with van der Waals surface area (Å²) >= 11 is 0. The summed E-state index contributed by atoms with van der Waals surface area (Å²) in [7, 11) is 1.57. The standard InChI is InChI=1S/C23H22O6/c1-13-11-17-19(12-14(13)2)28-21(15-6-8-16(26-3)9-7-15)22(20(17)24)29-23(25)18-5-4-10-27-18/h6-9,11-12,18H,4-5,10H2,1-3H3/t18-/m1/s1. The second-order valence-corrected chi connectivity index (χ2v) is 7.17. The minimum absolute atomic E-state index is 0.119. The molecule has 6 heteroatoms. The van der Waals surface area contributed by atoms with E-state index in [2.05, 4.69) is 0 Å². The van der Waals surface area contributed by atoms with Gasteiger partial charge in [-0.3, -0.25) is 4.79 Å². The van der Waals surface area contributed by atoms with E-state index in [1.807, 2.05) is 19.9 Å². The van der Waals surface area contributed by atoms with E-state index < -0.39 is 12.1 Å². The van der Waals surface area contributed by atoms with Crippen molar-refractivity contribution in [2.45, 2.75) is 32.8 Å². The molecule has 0 saturated carbocycles. The van der Waals surface area contributed by atoms with E-state index in [-0.39, 0.29) is 16.9 Å². The lowest BCUT2D eigenvalue weighted by Gasteiger charge is -2.14. The molecule has 0 radical (unpaired) electrons. The van der Waals surface area contributed by atoms with Crippen LogP contribution in [-0.4, -0.2) is 25.8 Å². The third-order valence-electron chi connectivity index (χ3n) is 5.21. The van der Waals surface area contributed by atoms with Gasteiger partial charge >= 0.3 is 5.97 Å². The molecule has 6 nitrogen and oxygen atoms in total. The minimum Gasteiger partial charge on any atom is -0.497 e. The zero-order chi connectivity index (χ0) is 20.5. The van der Waals surface area contributed by atoms with Gasteiger partial charge in [0, 0.05) is 12.2 Å². The Balaban J connectivity index is 1.89. The van der Waals surface area contributed by atoms with Crippen LogP contribution in [0, 0.1) is 13.8 Å². The summed E-state index contributed by atoms with van der Waals surface area (Å²) in [5.74, 6) is 0.181. The van der Waals surface area contributed by atoms with Crippen LogP contribution in [0.4, 0.5) is 0 Å². The van der Waals surface area contributed by atoms with Gasteiger partial charge in [0.25, 0.3) is 0 Å². The third kappa shape index (κ3) is 3.63. The highest BCUT2D eigenvalue weighted by Gasteiger charge is 2.29. The predicted molar refractivity (Wildman–Crippen MR) is 109 cm³/mol. The molecule has 1 atom stereocenters. The van der Waals surface area contributed by atoms with Gasteiger partial charge in [0.1, 0.15) is 11.3 Å². The maximum atomic E-state index is 13.3. The number of methoxy groups -OCH3 is 1. The van der Waals surface area contributed by atoms with E-state index in [0.29, 0.717) is 35.3 Å². The number of aryl methyl sites for hydroxylation is 2. The highest BCUT2D eigenvalue weighted by atomic mass is 16.6. The molecule has 29 heavy (non-hydrogen) atoms. The molecule has 0 N–H and O–H groups in total. The molecule has 0 bridgehead atoms. The number of benzene rings is 2. The van der Waals surface area contributed by atoms with Crippen LogP contribution in [0.25, 0.3) is 22.3 Å². The zero-order valence-corrected chi connectivity index (χ0v) is 16.6. The van der Waals surface area contributed by atoms with E-state index in [1.165, 1.54) is 0 Å². The van der Waals surface area contributed by atoms with Crippen LogP contribution in [-0.2, 0) is 9.53 Å². The van der Waals surface area contributed by atoms with Crippen LogP contribution < -0.4 is 14.9 Å². The quantitative estimate of drug-likeness (QED) is 0.618. The Morgan fingerprint density at radius 2 is 1.83 bits per heavy atom. The summed E-state index contributed by atoms with van der Waals surface area (Å²) in [5.41, 5.74) is 2.63. The summed E-state index contributed by atoms with van der Waals surface area (Å²) in [6.07, 6.45) is 0.706. The summed E-state index contributed by atoms with van der Waals surface area (Å²) < 4.78 is 22.2. The second-order valence-electron chi connectivity index (χ2n) is 7.17. The van der Waals surface area contributed by atoms with Gasteiger partial charge in [-0.25, -0.2) is 4.79 Å². The number of rotatable bonds is 4. The molecular formula is C23H22O6. The number of carbonyl (C=O) groups is 1. The lowest BCUT2D eigenvalue weighted by atomic mass is 10.0. The average molecular weight is 394 g/mol. The molecule has 0 amide bonds. The van der Waals surface area contributed by atoms with E-state index >= 15 is 0 Å². The van der Waals surface area contributed by atoms with Crippen LogP contribution in [0.3, 0.4) is 0 Å². The number of ether oxygens (including phenoxy) is 3. The summed E-state index contributed by atoms with van der Waals surface area (Å²) in [5, 5.41) is 0.375. The van der Waals surface area contributed by atoms with Crippen LogP contribution >= 0.6 is 0 Å². The first-order valence-corrected chi connectivity index (χ1v) is 9.53. The molecular weight excluding hydrogens is 372 g/mol. The average Bonchev–Trinajstić information content (AvgIpc) is 3.27. The van der Waals surface area contributed by atoms with Gasteiger partial charge in [0.15, 0.2) is 11.9 Å². The summed E-state index contributed by atoms with van der Waals surface area (Å²) in [4.78, 5) is 25.8. The molecule has 3 aromatic rings. The molecule has 1 aromatic heterocycles. The zero-order valence-electron chi connectivity index (χ0n) is 16.6. The number of hydrogen-bond donors (Lipinski definition) is 0. The van der Waals surface area contributed by atoms with E-state index in [4.69, 9.17) is 18.6 Å². The van der Waals surface area contributed by atoms with Crippen LogP contribution in [0.5, 0.6) is 11.5 Å². The monoisotopic (exact) mass is 394 g/mol. The van der Waals surface area contributed by atoms with E-state index in [0.717, 1.165) is 17.5 Å². The Kier molecular flexibility index (Phi) is 5.11. The summed E-state index contributed by atoms with van der Waals surface area (Å²) in [6, 6.07) is 10.6. The van der Waals surface area contributed by atoms with Crippen molar-refractivity contribution in [3.05, 3.63) is 57.7 Å². The SMILES string of the molecule is COc1ccc(-c2oc3cc(C)c(C)cc3c(=O)c2OC(=O)[C@H]2CCCO2)cc1. The first-order valence-electron chi connectivity index (χ1n) is 9.53. The fourth-order valence-electron chi connectivity index (χ4n) is 3.39. The molecule has 150 valence electrons. The van der Waals surface area contributed by atoms with Gasteiger partial charge < -0.3 is 18.6 Å². The van der Waals surface area contributed by atoms with Gasteiger partial charge in [0.2, 0.25) is 11.2 Å². The van der Waals surface area contributed by atoms with Crippen molar-refractivity contribution < 1.29 is 23.4 Å². The van der Waals surface area contributed by atoms with Crippen molar-refractivity contribution in [2.24, 2.45) is 0 Å². The van der Waals surface area contributed by atoms with Crippen molar-refractivity contribution in [1.82, 2.24) is 0 Å². The van der Waals surface area contributed by atoms with Crippen LogP contribution in [0.15, 0.2) is 45.6 Å². The van der Waals surface area contributed by atoms with Gasteiger partial charge in [-0.05, 0) is 74.2 Å². The lowest BCUT2D eigenvalue weighted by molar-refractivity contribution is -0.144. The molecule has 0 spiro atoms. The molecule has 1 aliphatic rings. The van der Waals surface area contributed by atoms with Crippen molar-refractivity contribution in [1.29, 1.82) is 0 Å². The van der Waals surface area contributed by atoms with E-state index in [1.54, 1.807) is 37.4 Å². The molecule has 2 heterocycles. The van der Waals surface area contributed by atoms with Crippen LogP contribution in [0.2, 0.25) is 0 Å². The van der Waals surface area contributed by atoms with Gasteiger partial charge in [-0.1, -0.05) is 0 Å². The first kappa shape index (κ1) is 19.2. The Morgan fingerprint density at radius 1 is 1.10 bits per heavy atom. The van der Waals surface area contributed by atoms with E-state index in [9.17, 15) is 9.59 Å². The number of hydrogen-bond acceptors (Lipinski definition) is 6. The second kappa shape index (κ2) is 7.72. The maximum absolute atomic E-state index is 13.3. The lowest BCUT2D eigenvalue weighted by Crippen LogP contribution is -2.27. The number of esters is 1. The van der Waals surface area contributed by atoms with Crippen molar-refractivity contribution in [2.75, 3.05) is 13.7 Å². The predicted octanol–water partition coefficient (Wildman–Crippen LogP) is 4.17. The summed E-state index contributed by atoms with van der Waals surface area (Å²) in [6.45, 7) is 4.38. The number of fused-ring (bicyclic) bond motifs is 1. The topological polar surface area (TPSA) is 75.0 Å². The number of carbonyl (C=O) groups excluding carboxylic acids is 1. The molecule has 1 saturated heterocycles. The van der Waals surface area contributed by atoms with Crippen molar-refractivity contribution in [3.8, 4) is 22.8 Å². The fourth-order valence-corrected chi connectivity index (χ4v) is 3.39. The van der Waals surface area contributed by atoms with Crippen molar-refractivity contribution in [3.63, 3.8) is 0 Å². The third-order valence-corrected chi connectivity index (χ3v) is 5.21. The first-order chi connectivity index (χ1) is 14.0. The normalized spacial score (nSPS) is 16.2. The highest BCUT2D eigenvalue weighted by molar-refractivity contribution is 5.86. The molecule has 0 aliphatic carbocycles. The molecule has 1 fully saturated rings. The molecule has 4 rings (SSSR count). The molecule has 2 aromatic carbocycles. The van der Waals surface area contributed by atoms with Crippen molar-refractivity contribution >= 4 is 16.9 Å². The maximum Gasteiger partial charge on any atom is 0.340 e. The Labute approximate surface area is 168 Å². The Hall–Kier alpha value is -3.12. The fraction of sp³-hybridized carbons (Fsp3) is 0.304. The Bertz CT molecular complexity index is 1120. The van der Waals surface area contributed by atoms with Gasteiger partial charge in [-0.2, -0.15) is 0 Å². The largest absolute Gasteiger partial charge is 0.497 e. The Morgan fingerprint density at radius 3 is 2.48 bits per heavy atom. The highest BCUT2D eigenvalue weighted by Crippen LogP contribution is 2.33. The van der Waals surface area contributed by atoms with Crippen LogP contribution in [0.1, 0.15) is 24.0 Å². The molecule has 0 unspecified atom stereocenters.